The van der Waals surface area contributed by atoms with E-state index in [0.29, 0.717) is 19.4 Å². The Kier molecular flexibility index (Phi) is 5.40. The Labute approximate surface area is 108 Å². The minimum Gasteiger partial charge on any atom is -0.409 e. The molecular formula is C12H24N4O2. The van der Waals surface area contributed by atoms with Crippen LogP contribution in [0, 0.1) is 5.41 Å². The van der Waals surface area contributed by atoms with Gasteiger partial charge in [0, 0.05) is 6.54 Å². The molecule has 0 radical (unpaired) electrons. The van der Waals surface area contributed by atoms with Crippen LogP contribution >= 0.6 is 0 Å². The largest absolute Gasteiger partial charge is 0.409 e. The van der Waals surface area contributed by atoms with Crippen LogP contribution in [0.4, 0.5) is 0 Å². The Morgan fingerprint density at radius 1 is 1.44 bits per heavy atom. The molecule has 1 fully saturated rings. The second kappa shape index (κ2) is 6.58. The van der Waals surface area contributed by atoms with E-state index in [2.05, 4.69) is 15.4 Å². The van der Waals surface area contributed by atoms with Gasteiger partial charge in [0.2, 0.25) is 5.91 Å². The lowest BCUT2D eigenvalue weighted by Crippen LogP contribution is -2.48. The van der Waals surface area contributed by atoms with Crippen molar-refractivity contribution in [2.45, 2.75) is 32.1 Å². The van der Waals surface area contributed by atoms with E-state index < -0.39 is 5.41 Å². The van der Waals surface area contributed by atoms with Gasteiger partial charge in [-0.05, 0) is 39.9 Å². The lowest BCUT2D eigenvalue weighted by molar-refractivity contribution is -0.127. The van der Waals surface area contributed by atoms with E-state index >= 15 is 0 Å². The third kappa shape index (κ3) is 3.35. The van der Waals surface area contributed by atoms with Crippen LogP contribution < -0.4 is 11.1 Å². The third-order valence-electron chi connectivity index (χ3n) is 3.56. The summed E-state index contributed by atoms with van der Waals surface area (Å²) in [6, 6.07) is 0. The number of nitrogens with zero attached hydrogens (tertiary/aromatic N) is 2. The Balaban J connectivity index is 2.51. The van der Waals surface area contributed by atoms with Crippen molar-refractivity contribution >= 4 is 11.7 Å². The van der Waals surface area contributed by atoms with Crippen molar-refractivity contribution in [3.8, 4) is 0 Å². The zero-order valence-electron chi connectivity index (χ0n) is 11.3. The van der Waals surface area contributed by atoms with Crippen LogP contribution in [-0.4, -0.2) is 49.0 Å². The highest BCUT2D eigenvalue weighted by molar-refractivity contribution is 6.07. The van der Waals surface area contributed by atoms with E-state index in [1.54, 1.807) is 0 Å². The molecule has 1 aliphatic carbocycles. The topological polar surface area (TPSA) is 91.0 Å². The molecule has 1 aliphatic rings. The molecule has 104 valence electrons. The van der Waals surface area contributed by atoms with Crippen LogP contribution in [0.15, 0.2) is 5.16 Å². The SMILES string of the molecule is CN(C)CCCNC(=O)C1(C(N)=NO)CCCC1. The van der Waals surface area contributed by atoms with Gasteiger partial charge < -0.3 is 21.2 Å². The smallest absolute Gasteiger partial charge is 0.233 e. The van der Waals surface area contributed by atoms with E-state index in [1.165, 1.54) is 0 Å². The number of hydrogen-bond acceptors (Lipinski definition) is 4. The maximum absolute atomic E-state index is 12.2. The molecule has 1 saturated carbocycles. The Morgan fingerprint density at radius 2 is 2.06 bits per heavy atom. The quantitative estimate of drug-likeness (QED) is 0.210. The number of nitrogens with two attached hydrogens (primary N) is 1. The first-order chi connectivity index (χ1) is 8.53. The van der Waals surface area contributed by atoms with Crippen molar-refractivity contribution < 1.29 is 10.0 Å². The molecule has 0 aliphatic heterocycles. The lowest BCUT2D eigenvalue weighted by atomic mass is 9.84. The molecule has 18 heavy (non-hydrogen) atoms. The predicted molar refractivity (Wildman–Crippen MR) is 70.5 cm³/mol. The summed E-state index contributed by atoms with van der Waals surface area (Å²) in [6.45, 7) is 1.55. The number of carbonyl (C=O) groups is 1. The van der Waals surface area contributed by atoms with Gasteiger partial charge in [0.05, 0.1) is 0 Å². The molecule has 4 N–H and O–H groups in total. The van der Waals surface area contributed by atoms with E-state index in [9.17, 15) is 4.79 Å². The van der Waals surface area contributed by atoms with Crippen molar-refractivity contribution in [1.29, 1.82) is 0 Å². The highest BCUT2D eigenvalue weighted by Gasteiger charge is 2.45. The molecule has 0 aromatic heterocycles. The monoisotopic (exact) mass is 256 g/mol. The van der Waals surface area contributed by atoms with Gasteiger partial charge >= 0.3 is 0 Å². The number of amidine groups is 1. The van der Waals surface area contributed by atoms with Crippen molar-refractivity contribution in [3.05, 3.63) is 0 Å². The molecular weight excluding hydrogens is 232 g/mol. The van der Waals surface area contributed by atoms with Crippen LogP contribution in [0.5, 0.6) is 0 Å². The molecule has 1 rings (SSSR count). The van der Waals surface area contributed by atoms with Gasteiger partial charge in [-0.2, -0.15) is 0 Å². The first kappa shape index (κ1) is 14.8. The summed E-state index contributed by atoms with van der Waals surface area (Å²) in [5.41, 5.74) is 4.91. The Bertz CT molecular complexity index is 309. The fourth-order valence-corrected chi connectivity index (χ4v) is 2.44. The first-order valence-corrected chi connectivity index (χ1v) is 6.44. The minimum atomic E-state index is -0.785. The van der Waals surface area contributed by atoms with Crippen LogP contribution in [-0.2, 0) is 4.79 Å². The number of carbonyl (C=O) groups excluding carboxylic acids is 1. The van der Waals surface area contributed by atoms with Crippen LogP contribution in [0.2, 0.25) is 0 Å². The molecule has 0 aromatic rings. The van der Waals surface area contributed by atoms with Crippen molar-refractivity contribution in [2.24, 2.45) is 16.3 Å². The van der Waals surface area contributed by atoms with Gasteiger partial charge in [0.25, 0.3) is 0 Å². The molecule has 0 atom stereocenters. The number of hydrogen-bond donors (Lipinski definition) is 3. The number of amides is 1. The Hall–Kier alpha value is -1.30. The van der Waals surface area contributed by atoms with Crippen LogP contribution in [0.1, 0.15) is 32.1 Å². The summed E-state index contributed by atoms with van der Waals surface area (Å²) in [5.74, 6) is -0.0563. The normalized spacial score (nSPS) is 19.2. The zero-order valence-corrected chi connectivity index (χ0v) is 11.3. The molecule has 0 unspecified atom stereocenters. The summed E-state index contributed by atoms with van der Waals surface area (Å²) in [4.78, 5) is 14.3. The lowest BCUT2D eigenvalue weighted by Gasteiger charge is -2.26. The second-order valence-electron chi connectivity index (χ2n) is 5.19. The van der Waals surface area contributed by atoms with E-state index in [4.69, 9.17) is 10.9 Å². The molecule has 0 aromatic carbocycles. The zero-order chi connectivity index (χ0) is 13.6. The van der Waals surface area contributed by atoms with E-state index in [0.717, 1.165) is 25.8 Å². The number of oxime groups is 1. The molecule has 0 heterocycles. The summed E-state index contributed by atoms with van der Waals surface area (Å²) >= 11 is 0. The van der Waals surface area contributed by atoms with Gasteiger partial charge in [0.15, 0.2) is 5.84 Å². The standard InChI is InChI=1S/C12H24N4O2/c1-16(2)9-5-8-14-11(17)12(10(13)15-18)6-3-4-7-12/h18H,3-9H2,1-2H3,(H2,13,15)(H,14,17). The summed E-state index contributed by atoms with van der Waals surface area (Å²) in [7, 11) is 3.99. The second-order valence-corrected chi connectivity index (χ2v) is 5.19. The number of nitrogens with one attached hydrogen (secondary N) is 1. The predicted octanol–water partition coefficient (Wildman–Crippen LogP) is 0.361. The third-order valence-corrected chi connectivity index (χ3v) is 3.56. The summed E-state index contributed by atoms with van der Waals surface area (Å²) in [6.07, 6.45) is 4.12. The van der Waals surface area contributed by atoms with Gasteiger partial charge in [0.1, 0.15) is 5.41 Å². The van der Waals surface area contributed by atoms with Crippen molar-refractivity contribution in [3.63, 3.8) is 0 Å². The Morgan fingerprint density at radius 3 is 2.56 bits per heavy atom. The average Bonchev–Trinajstić information content (AvgIpc) is 2.83. The minimum absolute atomic E-state index is 0.0464. The van der Waals surface area contributed by atoms with Gasteiger partial charge in [-0.1, -0.05) is 18.0 Å². The summed E-state index contributed by atoms with van der Waals surface area (Å²) < 4.78 is 0. The average molecular weight is 256 g/mol. The molecule has 1 amide bonds. The maximum Gasteiger partial charge on any atom is 0.233 e. The first-order valence-electron chi connectivity index (χ1n) is 6.44. The molecule has 0 saturated heterocycles. The van der Waals surface area contributed by atoms with Gasteiger partial charge in [-0.15, -0.1) is 0 Å². The highest BCUT2D eigenvalue weighted by Crippen LogP contribution is 2.38. The summed E-state index contributed by atoms with van der Waals surface area (Å²) in [5, 5.41) is 14.8. The number of rotatable bonds is 6. The molecule has 0 bridgehead atoms. The van der Waals surface area contributed by atoms with Crippen LogP contribution in [0.25, 0.3) is 0 Å². The highest BCUT2D eigenvalue weighted by atomic mass is 16.4. The molecule has 0 spiro atoms. The van der Waals surface area contributed by atoms with Gasteiger partial charge in [-0.3, -0.25) is 4.79 Å². The fraction of sp³-hybridized carbons (Fsp3) is 0.833. The van der Waals surface area contributed by atoms with Crippen molar-refractivity contribution in [1.82, 2.24) is 10.2 Å². The van der Waals surface area contributed by atoms with E-state index in [1.807, 2.05) is 14.1 Å². The molecule has 6 nitrogen and oxygen atoms in total. The van der Waals surface area contributed by atoms with Crippen LogP contribution in [0.3, 0.4) is 0 Å². The van der Waals surface area contributed by atoms with E-state index in [-0.39, 0.29) is 11.7 Å². The maximum atomic E-state index is 12.2. The van der Waals surface area contributed by atoms with Gasteiger partial charge in [-0.25, -0.2) is 0 Å². The fourth-order valence-electron chi connectivity index (χ4n) is 2.44. The molecule has 6 heteroatoms. The van der Waals surface area contributed by atoms with Crippen molar-refractivity contribution in [2.75, 3.05) is 27.2 Å².